The normalized spacial score (nSPS) is 10.6. The molecule has 76 valence electrons. The first-order chi connectivity index (χ1) is 6.09. The number of carbonyl (C=O) groups is 1. The highest BCUT2D eigenvalue weighted by molar-refractivity contribution is 5.72. The Balaban J connectivity index is 0. The van der Waals surface area contributed by atoms with Gasteiger partial charge in [0.1, 0.15) is 6.04 Å². The van der Waals surface area contributed by atoms with E-state index in [4.69, 9.17) is 21.8 Å². The molecule has 0 aromatic rings. The van der Waals surface area contributed by atoms with Crippen molar-refractivity contribution in [2.24, 2.45) is 11.5 Å². The molecule has 0 saturated carbocycles. The van der Waals surface area contributed by atoms with E-state index in [2.05, 4.69) is 0 Å². The van der Waals surface area contributed by atoms with Gasteiger partial charge in [0.25, 0.3) is 0 Å². The Bertz CT molecular complexity index is 165. The molecule has 0 aliphatic heterocycles. The zero-order valence-electron chi connectivity index (χ0n) is 7.86. The van der Waals surface area contributed by atoms with E-state index in [1.54, 1.807) is 6.07 Å². The molecule has 0 aliphatic carbocycles. The number of hydrogen-bond acceptors (Lipinski definition) is 4. The van der Waals surface area contributed by atoms with Crippen molar-refractivity contribution in [3.8, 4) is 6.07 Å². The summed E-state index contributed by atoms with van der Waals surface area (Å²) in [6.07, 6.45) is 2.16. The second-order valence-corrected chi connectivity index (χ2v) is 2.45. The molecule has 0 spiro atoms. The van der Waals surface area contributed by atoms with Crippen molar-refractivity contribution < 1.29 is 9.90 Å². The standard InChI is InChI=1S/C6H14N2O2.C2H3N/c7-4-2-1-3-5(8)6(9)10;1-2-3/h5H,1-4,7-8H2,(H,9,10);1H3/t5-;/m0./s1. The quantitative estimate of drug-likeness (QED) is 0.526. The largest absolute Gasteiger partial charge is 0.480 e. The monoisotopic (exact) mass is 187 g/mol. The molecule has 0 saturated heterocycles. The lowest BCUT2D eigenvalue weighted by atomic mass is 10.1. The fraction of sp³-hybridized carbons (Fsp3) is 0.750. The first-order valence-electron chi connectivity index (χ1n) is 4.09. The lowest BCUT2D eigenvalue weighted by Crippen LogP contribution is -2.29. The van der Waals surface area contributed by atoms with Gasteiger partial charge < -0.3 is 16.6 Å². The number of carboxylic acid groups (broad SMARTS) is 1. The predicted molar refractivity (Wildman–Crippen MR) is 49.8 cm³/mol. The van der Waals surface area contributed by atoms with Crippen LogP contribution in [0.5, 0.6) is 0 Å². The number of rotatable bonds is 5. The van der Waals surface area contributed by atoms with Gasteiger partial charge in [-0.2, -0.15) is 5.26 Å². The highest BCUT2D eigenvalue weighted by Gasteiger charge is 2.09. The van der Waals surface area contributed by atoms with Crippen LogP contribution in [0.3, 0.4) is 0 Å². The van der Waals surface area contributed by atoms with Gasteiger partial charge in [0.2, 0.25) is 0 Å². The predicted octanol–water partition coefficient (Wildman–Crippen LogP) is 0.0572. The van der Waals surface area contributed by atoms with Crippen LogP contribution in [0.1, 0.15) is 26.2 Å². The SMILES string of the molecule is CC#N.NCCCC[C@H](N)C(=O)O. The number of hydrogen-bond donors (Lipinski definition) is 3. The van der Waals surface area contributed by atoms with Crippen LogP contribution in [0.15, 0.2) is 0 Å². The van der Waals surface area contributed by atoms with Gasteiger partial charge in [0.05, 0.1) is 6.07 Å². The Hall–Kier alpha value is -1.12. The highest BCUT2D eigenvalue weighted by Crippen LogP contribution is 1.96. The van der Waals surface area contributed by atoms with Crippen LogP contribution in [0, 0.1) is 11.3 Å². The molecule has 0 aromatic carbocycles. The summed E-state index contributed by atoms with van der Waals surface area (Å²) in [7, 11) is 0. The third kappa shape index (κ3) is 13.8. The summed E-state index contributed by atoms with van der Waals surface area (Å²) >= 11 is 0. The number of nitriles is 1. The van der Waals surface area contributed by atoms with Crippen LogP contribution in [-0.2, 0) is 4.79 Å². The second kappa shape index (κ2) is 10.9. The summed E-state index contributed by atoms with van der Waals surface area (Å²) in [6.45, 7) is 2.03. The number of unbranched alkanes of at least 4 members (excludes halogenated alkanes) is 1. The zero-order valence-corrected chi connectivity index (χ0v) is 7.86. The summed E-state index contributed by atoms with van der Waals surface area (Å²) in [6, 6.07) is 1.03. The van der Waals surface area contributed by atoms with E-state index >= 15 is 0 Å². The van der Waals surface area contributed by atoms with E-state index in [1.807, 2.05) is 0 Å². The molecule has 5 N–H and O–H groups in total. The van der Waals surface area contributed by atoms with E-state index < -0.39 is 12.0 Å². The first kappa shape index (κ1) is 14.4. The Morgan fingerprint density at radius 2 is 2.08 bits per heavy atom. The Labute approximate surface area is 78.3 Å². The summed E-state index contributed by atoms with van der Waals surface area (Å²) < 4.78 is 0. The molecule has 0 unspecified atom stereocenters. The lowest BCUT2D eigenvalue weighted by molar-refractivity contribution is -0.138. The topological polar surface area (TPSA) is 113 Å². The molecule has 0 aliphatic rings. The van der Waals surface area contributed by atoms with Crippen LogP contribution in [-0.4, -0.2) is 23.7 Å². The van der Waals surface area contributed by atoms with Gasteiger partial charge in [-0.25, -0.2) is 0 Å². The maximum Gasteiger partial charge on any atom is 0.320 e. The van der Waals surface area contributed by atoms with E-state index in [0.717, 1.165) is 12.8 Å². The van der Waals surface area contributed by atoms with E-state index in [0.29, 0.717) is 13.0 Å². The molecule has 0 heterocycles. The minimum Gasteiger partial charge on any atom is -0.480 e. The van der Waals surface area contributed by atoms with Crippen LogP contribution < -0.4 is 11.5 Å². The maximum atomic E-state index is 10.1. The Morgan fingerprint density at radius 3 is 2.38 bits per heavy atom. The smallest absolute Gasteiger partial charge is 0.320 e. The van der Waals surface area contributed by atoms with Crippen molar-refractivity contribution in [3.63, 3.8) is 0 Å². The first-order valence-corrected chi connectivity index (χ1v) is 4.09. The number of nitrogens with two attached hydrogens (primary N) is 2. The molecule has 0 aromatic heterocycles. The van der Waals surface area contributed by atoms with Crippen molar-refractivity contribution >= 4 is 5.97 Å². The minimum atomic E-state index is -0.933. The average molecular weight is 187 g/mol. The molecule has 13 heavy (non-hydrogen) atoms. The minimum absolute atomic E-state index is 0.520. The molecule has 0 rings (SSSR count). The second-order valence-electron chi connectivity index (χ2n) is 2.45. The zero-order chi connectivity index (χ0) is 10.7. The molecule has 0 amide bonds. The van der Waals surface area contributed by atoms with Gasteiger partial charge in [-0.15, -0.1) is 0 Å². The van der Waals surface area contributed by atoms with Gasteiger partial charge in [0, 0.05) is 6.92 Å². The average Bonchev–Trinajstić information content (AvgIpc) is 2.06. The summed E-state index contributed by atoms with van der Waals surface area (Å²) in [5.74, 6) is -0.933. The van der Waals surface area contributed by atoms with Crippen molar-refractivity contribution in [2.45, 2.75) is 32.2 Å². The molecule has 0 radical (unpaired) electrons. The van der Waals surface area contributed by atoms with Crippen molar-refractivity contribution in [2.75, 3.05) is 6.54 Å². The van der Waals surface area contributed by atoms with Gasteiger partial charge in [-0.3, -0.25) is 4.79 Å². The van der Waals surface area contributed by atoms with Crippen molar-refractivity contribution in [1.82, 2.24) is 0 Å². The van der Waals surface area contributed by atoms with Crippen LogP contribution in [0.4, 0.5) is 0 Å². The molecule has 5 nitrogen and oxygen atoms in total. The fourth-order valence-electron chi connectivity index (χ4n) is 0.632. The maximum absolute atomic E-state index is 10.1. The van der Waals surface area contributed by atoms with E-state index in [1.165, 1.54) is 6.92 Å². The summed E-state index contributed by atoms with van der Waals surface area (Å²) in [5.41, 5.74) is 10.4. The molecular formula is C8H17N3O2. The third-order valence-corrected chi connectivity index (χ3v) is 1.29. The number of carboxylic acids is 1. The third-order valence-electron chi connectivity index (χ3n) is 1.29. The van der Waals surface area contributed by atoms with E-state index in [-0.39, 0.29) is 0 Å². The van der Waals surface area contributed by atoms with Crippen LogP contribution in [0.2, 0.25) is 0 Å². The van der Waals surface area contributed by atoms with Crippen LogP contribution in [0.25, 0.3) is 0 Å². The van der Waals surface area contributed by atoms with Crippen LogP contribution >= 0.6 is 0 Å². The van der Waals surface area contributed by atoms with Gasteiger partial charge in [0.15, 0.2) is 0 Å². The lowest BCUT2D eigenvalue weighted by Gasteiger charge is -2.03. The summed E-state index contributed by atoms with van der Waals surface area (Å²) in [4.78, 5) is 10.1. The Morgan fingerprint density at radius 1 is 1.62 bits per heavy atom. The van der Waals surface area contributed by atoms with Gasteiger partial charge in [-0.1, -0.05) is 6.42 Å². The number of aliphatic carboxylic acids is 1. The number of nitrogens with zero attached hydrogens (tertiary/aromatic N) is 1. The van der Waals surface area contributed by atoms with Gasteiger partial charge in [-0.05, 0) is 19.4 Å². The summed E-state index contributed by atoms with van der Waals surface area (Å²) in [5, 5.41) is 15.6. The van der Waals surface area contributed by atoms with Gasteiger partial charge >= 0.3 is 5.97 Å². The van der Waals surface area contributed by atoms with E-state index in [9.17, 15) is 4.79 Å². The molecule has 0 fully saturated rings. The van der Waals surface area contributed by atoms with Crippen molar-refractivity contribution in [3.05, 3.63) is 0 Å². The Kier molecular flexibility index (Phi) is 12.1. The molecular weight excluding hydrogens is 170 g/mol. The molecule has 5 heteroatoms. The molecule has 0 bridgehead atoms. The fourth-order valence-corrected chi connectivity index (χ4v) is 0.632. The van der Waals surface area contributed by atoms with Crippen molar-refractivity contribution in [1.29, 1.82) is 5.26 Å². The highest BCUT2D eigenvalue weighted by atomic mass is 16.4. The molecule has 1 atom stereocenters.